The average molecular weight is 528 g/mol. The summed E-state index contributed by atoms with van der Waals surface area (Å²) < 4.78 is 20.0. The van der Waals surface area contributed by atoms with Crippen molar-refractivity contribution in [3.63, 3.8) is 0 Å². The zero-order chi connectivity index (χ0) is 26.8. The second kappa shape index (κ2) is 30.6. The minimum atomic E-state index is -0.255. The number of aliphatic hydroxyl groups is 1. The fraction of sp³-hybridized carbons (Fsp3) is 0.875. The first kappa shape index (κ1) is 40.7. The first-order chi connectivity index (χ1) is 16.1. The molecule has 1 aliphatic rings. The van der Waals surface area contributed by atoms with Gasteiger partial charge in [-0.05, 0) is 40.5 Å². The predicted molar refractivity (Wildman–Crippen MR) is 139 cm³/mol. The van der Waals surface area contributed by atoms with Gasteiger partial charge in [0.1, 0.15) is 0 Å². The van der Waals surface area contributed by atoms with Crippen LogP contribution >= 0.6 is 12.4 Å². The number of methoxy groups -OCH3 is 1. The zero-order valence-electron chi connectivity index (χ0n) is 22.7. The van der Waals surface area contributed by atoms with E-state index in [9.17, 15) is 9.59 Å². The van der Waals surface area contributed by atoms with Crippen molar-refractivity contribution in [2.24, 2.45) is 5.73 Å². The fourth-order valence-corrected chi connectivity index (χ4v) is 1.69. The van der Waals surface area contributed by atoms with Gasteiger partial charge >= 0.3 is 5.97 Å². The summed E-state index contributed by atoms with van der Waals surface area (Å²) in [5, 5.41) is 19.2. The van der Waals surface area contributed by atoms with Crippen LogP contribution in [0.2, 0.25) is 0 Å². The molecule has 1 amide bonds. The Balaban J connectivity index is -0.000000187. The van der Waals surface area contributed by atoms with E-state index >= 15 is 0 Å². The summed E-state index contributed by atoms with van der Waals surface area (Å²) in [6.07, 6.45) is 3.56. The molecule has 0 unspecified atom stereocenters. The van der Waals surface area contributed by atoms with E-state index in [2.05, 4.69) is 17.0 Å². The minimum absolute atomic E-state index is 0. The predicted octanol–water partition coefficient (Wildman–Crippen LogP) is 2.74. The van der Waals surface area contributed by atoms with Crippen molar-refractivity contribution < 1.29 is 33.6 Å². The number of esters is 1. The monoisotopic (exact) mass is 527 g/mol. The highest BCUT2D eigenvalue weighted by Crippen LogP contribution is 1.96. The van der Waals surface area contributed by atoms with Crippen LogP contribution in [0.4, 0.5) is 0 Å². The lowest BCUT2D eigenvalue weighted by Crippen LogP contribution is -2.27. The van der Waals surface area contributed by atoms with Crippen LogP contribution in [0.1, 0.15) is 73.6 Å². The van der Waals surface area contributed by atoms with Crippen LogP contribution in [0.15, 0.2) is 0 Å². The van der Waals surface area contributed by atoms with E-state index in [4.69, 9.17) is 30.3 Å². The molecule has 0 radical (unpaired) electrons. The lowest BCUT2D eigenvalue weighted by atomic mass is 10.3. The summed E-state index contributed by atoms with van der Waals surface area (Å²) in [5.41, 5.74) is 5.28. The molecule has 1 heterocycles. The zero-order valence-corrected chi connectivity index (χ0v) is 23.5. The number of nitriles is 1. The molecule has 35 heavy (non-hydrogen) atoms. The SMILES string of the molecule is CC[C@@H](C)O.CC[C@@H](C)OCCC#N.COC(=O)CCO[C@H](C)CN.C[C@@H]1CNC(=O)CCO1.Cl. The third-order valence-corrected chi connectivity index (χ3v) is 4.37. The van der Waals surface area contributed by atoms with Crippen molar-refractivity contribution in [2.75, 3.05) is 40.0 Å². The summed E-state index contributed by atoms with van der Waals surface area (Å²) in [7, 11) is 1.36. The molecule has 1 aliphatic heterocycles. The number of halogens is 1. The molecule has 0 bridgehead atoms. The number of aliphatic hydroxyl groups excluding tert-OH is 1. The molecule has 210 valence electrons. The quantitative estimate of drug-likeness (QED) is 0.287. The van der Waals surface area contributed by atoms with Gasteiger partial charge in [-0.2, -0.15) is 5.26 Å². The molecule has 1 saturated heterocycles. The number of amides is 1. The number of hydrogen-bond acceptors (Lipinski definition) is 9. The lowest BCUT2D eigenvalue weighted by Gasteiger charge is -2.08. The average Bonchev–Trinajstić information content (AvgIpc) is 3.02. The van der Waals surface area contributed by atoms with E-state index in [1.807, 2.05) is 33.8 Å². The maximum absolute atomic E-state index is 10.6. The van der Waals surface area contributed by atoms with E-state index in [1.54, 1.807) is 6.92 Å². The highest BCUT2D eigenvalue weighted by Gasteiger charge is 2.10. The Morgan fingerprint density at radius 1 is 1.23 bits per heavy atom. The van der Waals surface area contributed by atoms with Gasteiger partial charge in [-0.15, -0.1) is 12.4 Å². The van der Waals surface area contributed by atoms with Crippen molar-refractivity contribution in [3.05, 3.63) is 0 Å². The van der Waals surface area contributed by atoms with Gasteiger partial charge in [-0.3, -0.25) is 9.59 Å². The molecule has 11 heteroatoms. The van der Waals surface area contributed by atoms with Crippen molar-refractivity contribution in [1.82, 2.24) is 5.32 Å². The number of hydrogen-bond donors (Lipinski definition) is 3. The largest absolute Gasteiger partial charge is 0.469 e. The second-order valence-corrected chi connectivity index (χ2v) is 7.73. The number of ether oxygens (including phenoxy) is 4. The number of nitrogens with one attached hydrogen (secondary N) is 1. The maximum atomic E-state index is 10.6. The van der Waals surface area contributed by atoms with E-state index in [0.29, 0.717) is 58.3 Å². The number of rotatable bonds is 10. The van der Waals surface area contributed by atoms with Gasteiger partial charge in [-0.1, -0.05) is 13.8 Å². The Labute approximate surface area is 218 Å². The minimum Gasteiger partial charge on any atom is -0.469 e. The molecule has 4 N–H and O–H groups in total. The summed E-state index contributed by atoms with van der Waals surface area (Å²) in [6, 6.07) is 2.02. The molecule has 0 aromatic rings. The van der Waals surface area contributed by atoms with Gasteiger partial charge in [0.2, 0.25) is 5.91 Å². The van der Waals surface area contributed by atoms with E-state index < -0.39 is 0 Å². The lowest BCUT2D eigenvalue weighted by molar-refractivity contribution is -0.142. The summed E-state index contributed by atoms with van der Waals surface area (Å²) in [6.45, 7) is 14.3. The van der Waals surface area contributed by atoms with E-state index in [-0.39, 0.29) is 42.6 Å². The molecular formula is C24H50ClN3O7. The standard InChI is InChI=1S/C7H15NO3.C7H13NO.C6H11NO2.C4H10O.ClH/c1-6(5-8)11-4-3-7(9)10-2;1-3-7(2)9-6-4-5-8;1-5-4-7-6(8)2-3-9-5;1-3-4(2)5;/h6H,3-5,8H2,1-2H3;7H,3-4,6H2,1-2H3;5H,2-4H2,1H3,(H,7,8);4-5H,3H2,1-2H3;1H/t6-;7-;5-;4-;/m1111./s1. The molecule has 1 rings (SSSR count). The highest BCUT2D eigenvalue weighted by atomic mass is 35.5. The van der Waals surface area contributed by atoms with Crippen LogP contribution in [0.3, 0.4) is 0 Å². The van der Waals surface area contributed by atoms with E-state index in [0.717, 1.165) is 12.8 Å². The molecule has 1 fully saturated rings. The number of carbonyl (C=O) groups excluding carboxylic acids is 2. The topological polar surface area (TPSA) is 153 Å². The Bertz CT molecular complexity index is 520. The molecule has 4 atom stereocenters. The highest BCUT2D eigenvalue weighted by molar-refractivity contribution is 5.85. The van der Waals surface area contributed by atoms with Gasteiger partial charge in [0.05, 0.1) is 70.3 Å². The Kier molecular flexibility index (Phi) is 35.5. The number of nitrogens with zero attached hydrogens (tertiary/aromatic N) is 1. The number of nitrogens with two attached hydrogens (primary N) is 1. The summed E-state index contributed by atoms with van der Waals surface area (Å²) in [4.78, 5) is 21.2. The van der Waals surface area contributed by atoms with Gasteiger partial charge in [-0.25, -0.2) is 0 Å². The maximum Gasteiger partial charge on any atom is 0.307 e. The van der Waals surface area contributed by atoms with Gasteiger partial charge in [0.15, 0.2) is 0 Å². The Hall–Kier alpha value is -1.48. The molecule has 0 aromatic carbocycles. The van der Waals surface area contributed by atoms with Crippen molar-refractivity contribution in [1.29, 1.82) is 5.26 Å². The van der Waals surface area contributed by atoms with Gasteiger partial charge in [0, 0.05) is 19.5 Å². The van der Waals surface area contributed by atoms with Crippen molar-refractivity contribution in [3.8, 4) is 6.07 Å². The van der Waals surface area contributed by atoms with Crippen LogP contribution in [-0.2, 0) is 28.5 Å². The third-order valence-electron chi connectivity index (χ3n) is 4.37. The molecule has 0 spiro atoms. The molecule has 10 nitrogen and oxygen atoms in total. The van der Waals surface area contributed by atoms with Crippen LogP contribution in [0.5, 0.6) is 0 Å². The van der Waals surface area contributed by atoms with E-state index in [1.165, 1.54) is 7.11 Å². The van der Waals surface area contributed by atoms with Crippen molar-refractivity contribution >= 4 is 24.3 Å². The first-order valence-corrected chi connectivity index (χ1v) is 12.0. The smallest absolute Gasteiger partial charge is 0.307 e. The van der Waals surface area contributed by atoms with Gasteiger partial charge in [0.25, 0.3) is 0 Å². The normalized spacial score (nSPS) is 16.8. The second-order valence-electron chi connectivity index (χ2n) is 7.73. The van der Waals surface area contributed by atoms with Crippen molar-refractivity contribution in [2.45, 2.75) is 98.1 Å². The molecule has 0 aromatic heterocycles. The van der Waals surface area contributed by atoms with Crippen LogP contribution < -0.4 is 11.1 Å². The Morgan fingerprint density at radius 3 is 2.26 bits per heavy atom. The molecule has 0 saturated carbocycles. The van der Waals surface area contributed by atoms with Gasteiger partial charge < -0.3 is 35.1 Å². The summed E-state index contributed by atoms with van der Waals surface area (Å²) >= 11 is 0. The fourth-order valence-electron chi connectivity index (χ4n) is 1.69. The summed E-state index contributed by atoms with van der Waals surface area (Å²) in [5.74, 6) is -0.159. The Morgan fingerprint density at radius 2 is 1.80 bits per heavy atom. The van der Waals surface area contributed by atoms with Crippen LogP contribution in [0.25, 0.3) is 0 Å². The van der Waals surface area contributed by atoms with Crippen LogP contribution in [0, 0.1) is 11.3 Å². The molecule has 0 aliphatic carbocycles. The first-order valence-electron chi connectivity index (χ1n) is 12.0. The molecular weight excluding hydrogens is 478 g/mol. The third kappa shape index (κ3) is 37.2. The van der Waals surface area contributed by atoms with Crippen LogP contribution in [-0.4, -0.2) is 81.4 Å². The number of carbonyl (C=O) groups is 2.